The zero-order chi connectivity index (χ0) is 17.2. The van der Waals surface area contributed by atoms with Crippen LogP contribution in [-0.4, -0.2) is 0 Å². The minimum atomic E-state index is -0.656. The van der Waals surface area contributed by atoms with Crippen molar-refractivity contribution in [3.8, 4) is 0 Å². The Kier molecular flexibility index (Phi) is 3.30. The van der Waals surface area contributed by atoms with E-state index in [1.165, 1.54) is 0 Å². The average molecular weight is 358 g/mol. The van der Waals surface area contributed by atoms with Crippen LogP contribution in [0.3, 0.4) is 0 Å². The maximum absolute atomic E-state index is 14.1. The molecule has 4 N–H and O–H groups in total. The Hall–Kier alpha value is -2.18. The van der Waals surface area contributed by atoms with Gasteiger partial charge in [-0.15, -0.1) is 25.3 Å². The first-order valence-corrected chi connectivity index (χ1v) is 8.01. The molecule has 6 heteroatoms. The van der Waals surface area contributed by atoms with Crippen LogP contribution in [0.25, 0.3) is 32.3 Å². The van der Waals surface area contributed by atoms with Gasteiger partial charge in [-0.25, -0.2) is 8.78 Å². The molecule has 120 valence electrons. The van der Waals surface area contributed by atoms with E-state index in [2.05, 4.69) is 25.3 Å². The summed E-state index contributed by atoms with van der Waals surface area (Å²) in [6.07, 6.45) is 0. The van der Waals surface area contributed by atoms with Gasteiger partial charge in [-0.3, -0.25) is 0 Å². The highest BCUT2D eigenvalue weighted by Crippen LogP contribution is 2.37. The molecule has 0 radical (unpaired) electrons. The van der Waals surface area contributed by atoms with E-state index in [9.17, 15) is 8.78 Å². The third-order valence-corrected chi connectivity index (χ3v) is 4.88. The smallest absolute Gasteiger partial charge is 0.147 e. The normalized spacial score (nSPS) is 11.7. The number of fused-ring (bicyclic) bond motifs is 3. The number of hydrogen-bond donors (Lipinski definition) is 4. The van der Waals surface area contributed by atoms with E-state index < -0.39 is 11.6 Å². The Morgan fingerprint density at radius 1 is 0.625 bits per heavy atom. The Morgan fingerprint density at radius 3 is 1.42 bits per heavy atom. The fraction of sp³-hybridized carbons (Fsp3) is 0. The molecule has 4 rings (SSSR count). The van der Waals surface area contributed by atoms with E-state index >= 15 is 0 Å². The fourth-order valence-electron chi connectivity index (χ4n) is 3.06. The van der Waals surface area contributed by atoms with Crippen molar-refractivity contribution in [3.05, 3.63) is 48.0 Å². The molecular formula is C18H12F2N2S2. The van der Waals surface area contributed by atoms with Gasteiger partial charge in [-0.05, 0) is 47.2 Å². The molecule has 0 spiro atoms. The Balaban J connectivity index is 2.22. The second kappa shape index (κ2) is 5.16. The molecule has 0 amide bonds. The third-order valence-electron chi connectivity index (χ3n) is 4.23. The molecular weight excluding hydrogens is 346 g/mol. The fourth-order valence-corrected chi connectivity index (χ4v) is 3.58. The number of thiol groups is 2. The van der Waals surface area contributed by atoms with Crippen molar-refractivity contribution in [1.29, 1.82) is 0 Å². The zero-order valence-electron chi connectivity index (χ0n) is 12.3. The predicted molar refractivity (Wildman–Crippen MR) is 102 cm³/mol. The Bertz CT molecular complexity index is 1090. The van der Waals surface area contributed by atoms with Crippen molar-refractivity contribution in [2.24, 2.45) is 0 Å². The molecule has 0 atom stereocenters. The van der Waals surface area contributed by atoms with Crippen molar-refractivity contribution in [1.82, 2.24) is 0 Å². The summed E-state index contributed by atoms with van der Waals surface area (Å²) < 4.78 is 28.3. The number of hydrogen-bond acceptors (Lipinski definition) is 4. The summed E-state index contributed by atoms with van der Waals surface area (Å²) >= 11 is 8.21. The number of halogens is 2. The van der Waals surface area contributed by atoms with Crippen molar-refractivity contribution < 1.29 is 8.78 Å². The van der Waals surface area contributed by atoms with Crippen molar-refractivity contribution in [2.75, 3.05) is 11.5 Å². The lowest BCUT2D eigenvalue weighted by atomic mass is 10.0. The van der Waals surface area contributed by atoms with Crippen LogP contribution in [0.2, 0.25) is 0 Å². The van der Waals surface area contributed by atoms with Gasteiger partial charge in [0.05, 0.1) is 4.90 Å². The molecule has 0 saturated heterocycles. The highest BCUT2D eigenvalue weighted by Gasteiger charge is 2.17. The summed E-state index contributed by atoms with van der Waals surface area (Å²) in [6.45, 7) is 0. The maximum Gasteiger partial charge on any atom is 0.147 e. The number of nitrogens with two attached hydrogens (primary N) is 2. The monoisotopic (exact) mass is 358 g/mol. The molecule has 4 aromatic carbocycles. The summed E-state index contributed by atoms with van der Waals surface area (Å²) in [5.74, 6) is -1.31. The largest absolute Gasteiger partial charge is 0.398 e. The van der Waals surface area contributed by atoms with Crippen LogP contribution in [0.5, 0.6) is 0 Å². The van der Waals surface area contributed by atoms with Gasteiger partial charge in [-0.2, -0.15) is 0 Å². The molecule has 0 aromatic heterocycles. The standard InChI is InChI=1S/C18H12F2N2S2/c19-16-12-3-7-1-10-11(15(22)6-9(23)5-14(10)21)2-8(7)4-13(12)17(20)18(16)24/h1-6,23-24H,21-22H2. The summed E-state index contributed by atoms with van der Waals surface area (Å²) in [4.78, 5) is 0.371. The van der Waals surface area contributed by atoms with Crippen LogP contribution in [-0.2, 0) is 0 Å². The molecule has 0 unspecified atom stereocenters. The molecule has 0 heterocycles. The Morgan fingerprint density at radius 2 is 1.00 bits per heavy atom. The quantitative estimate of drug-likeness (QED) is 0.328. The maximum atomic E-state index is 14.1. The van der Waals surface area contributed by atoms with E-state index in [1.54, 1.807) is 24.3 Å². The predicted octanol–water partition coefficient (Wildman–Crippen LogP) is 5.17. The lowest BCUT2D eigenvalue weighted by Crippen LogP contribution is -1.87. The number of anilines is 2. The van der Waals surface area contributed by atoms with Gasteiger partial charge >= 0.3 is 0 Å². The zero-order valence-corrected chi connectivity index (χ0v) is 14.1. The van der Waals surface area contributed by atoms with Crippen molar-refractivity contribution >= 4 is 68.9 Å². The third kappa shape index (κ3) is 2.10. The molecule has 0 saturated carbocycles. The molecule has 0 aliphatic heterocycles. The van der Waals surface area contributed by atoms with Crippen LogP contribution < -0.4 is 11.5 Å². The Labute approximate surface area is 147 Å². The minimum Gasteiger partial charge on any atom is -0.398 e. The lowest BCUT2D eigenvalue weighted by molar-refractivity contribution is 0.570. The summed E-state index contributed by atoms with van der Waals surface area (Å²) in [5, 5.41) is 3.35. The molecule has 0 aliphatic rings. The molecule has 0 bridgehead atoms. The van der Waals surface area contributed by atoms with E-state index in [0.29, 0.717) is 16.3 Å². The summed E-state index contributed by atoms with van der Waals surface area (Å²) in [7, 11) is 0. The minimum absolute atomic E-state index is 0.200. The second-order valence-corrected chi connectivity index (χ2v) is 6.71. The van der Waals surface area contributed by atoms with Gasteiger partial charge in [0.1, 0.15) is 11.6 Å². The first-order chi connectivity index (χ1) is 11.4. The van der Waals surface area contributed by atoms with Crippen LogP contribution in [0.15, 0.2) is 46.2 Å². The van der Waals surface area contributed by atoms with Crippen molar-refractivity contribution in [2.45, 2.75) is 9.79 Å². The van der Waals surface area contributed by atoms with Crippen molar-refractivity contribution in [3.63, 3.8) is 0 Å². The summed E-state index contributed by atoms with van der Waals surface area (Å²) in [5.41, 5.74) is 13.3. The van der Waals surface area contributed by atoms with Gasteiger partial charge < -0.3 is 11.5 Å². The SMILES string of the molecule is Nc1cc(S)cc(N)c2cc3cc4c(F)c(S)c(F)c4cc3cc12. The van der Waals surface area contributed by atoms with Crippen LogP contribution >= 0.6 is 25.3 Å². The molecule has 2 nitrogen and oxygen atoms in total. The van der Waals surface area contributed by atoms with Crippen LogP contribution in [0, 0.1) is 11.6 Å². The lowest BCUT2D eigenvalue weighted by Gasteiger charge is -2.05. The summed E-state index contributed by atoms with van der Waals surface area (Å²) in [6, 6.07) is 10.3. The first kappa shape index (κ1) is 15.4. The topological polar surface area (TPSA) is 52.0 Å². The second-order valence-electron chi connectivity index (χ2n) is 5.74. The van der Waals surface area contributed by atoms with E-state index in [-0.39, 0.29) is 15.7 Å². The molecule has 4 aromatic rings. The first-order valence-electron chi connectivity index (χ1n) is 7.12. The van der Waals surface area contributed by atoms with E-state index in [4.69, 9.17) is 11.5 Å². The van der Waals surface area contributed by atoms with E-state index in [0.717, 1.165) is 21.5 Å². The number of rotatable bonds is 0. The van der Waals surface area contributed by atoms with Gasteiger partial charge in [0.2, 0.25) is 0 Å². The molecule has 24 heavy (non-hydrogen) atoms. The average Bonchev–Trinajstić information content (AvgIpc) is 2.68. The van der Waals surface area contributed by atoms with E-state index in [1.807, 2.05) is 12.1 Å². The molecule has 0 aliphatic carbocycles. The highest BCUT2D eigenvalue weighted by molar-refractivity contribution is 7.80. The van der Waals surface area contributed by atoms with Gasteiger partial charge in [0.25, 0.3) is 0 Å². The van der Waals surface area contributed by atoms with Crippen LogP contribution in [0.1, 0.15) is 0 Å². The highest BCUT2D eigenvalue weighted by atomic mass is 32.1. The van der Waals surface area contributed by atoms with Gasteiger partial charge in [0.15, 0.2) is 0 Å². The van der Waals surface area contributed by atoms with Crippen LogP contribution in [0.4, 0.5) is 20.2 Å². The van der Waals surface area contributed by atoms with Gasteiger partial charge in [0, 0.05) is 37.8 Å². The number of benzene rings is 2. The van der Waals surface area contributed by atoms with Gasteiger partial charge in [-0.1, -0.05) is 0 Å². The molecule has 0 fully saturated rings. The number of nitrogen functional groups attached to an aromatic ring is 2.